The van der Waals surface area contributed by atoms with Crippen LogP contribution in [0.1, 0.15) is 39.3 Å². The van der Waals surface area contributed by atoms with Crippen LogP contribution in [0.15, 0.2) is 47.0 Å². The summed E-state index contributed by atoms with van der Waals surface area (Å²) in [6.45, 7) is 5.72. The number of nitrogens with zero attached hydrogens (tertiary/aromatic N) is 3. The Morgan fingerprint density at radius 2 is 1.94 bits per heavy atom. The van der Waals surface area contributed by atoms with Crippen molar-refractivity contribution < 1.29 is 14.1 Å². The van der Waals surface area contributed by atoms with Crippen molar-refractivity contribution in [3.63, 3.8) is 0 Å². The lowest BCUT2D eigenvalue weighted by atomic mass is 10.1. The first-order valence-electron chi connectivity index (χ1n) is 11.2. The minimum absolute atomic E-state index is 0.0860. The molecule has 3 aromatic heterocycles. The van der Waals surface area contributed by atoms with E-state index in [4.69, 9.17) is 4.52 Å². The number of amides is 3. The SMILES string of the molecule is Cc1ccc(-c2cc(C(=O)NCc3cccc(NC(=O)N4CCCC4)c3)c3c(C)noc3n2)s1. The smallest absolute Gasteiger partial charge is 0.321 e. The minimum atomic E-state index is -0.236. The number of benzene rings is 1. The molecule has 9 heteroatoms. The van der Waals surface area contributed by atoms with Crippen LogP contribution in [0.4, 0.5) is 10.5 Å². The summed E-state index contributed by atoms with van der Waals surface area (Å²) in [5, 5.41) is 10.6. The van der Waals surface area contributed by atoms with E-state index < -0.39 is 0 Å². The lowest BCUT2D eigenvalue weighted by molar-refractivity contribution is 0.0952. The number of carbonyl (C=O) groups is 2. The highest BCUT2D eigenvalue weighted by molar-refractivity contribution is 7.15. The molecule has 1 aliphatic rings. The number of carbonyl (C=O) groups excluding carboxylic acids is 2. The number of hydrogen-bond donors (Lipinski definition) is 2. The maximum absolute atomic E-state index is 13.2. The Kier molecular flexibility index (Phi) is 6.02. The highest BCUT2D eigenvalue weighted by Crippen LogP contribution is 2.31. The molecule has 1 saturated heterocycles. The number of rotatable bonds is 5. The first kappa shape index (κ1) is 22.1. The topological polar surface area (TPSA) is 100 Å². The van der Waals surface area contributed by atoms with Crippen molar-refractivity contribution in [3.8, 4) is 10.6 Å². The second-order valence-corrected chi connectivity index (χ2v) is 9.71. The van der Waals surface area contributed by atoms with Crippen LogP contribution in [0.2, 0.25) is 0 Å². The van der Waals surface area contributed by atoms with Crippen molar-refractivity contribution >= 4 is 40.1 Å². The quantitative estimate of drug-likeness (QED) is 0.417. The normalized spacial score (nSPS) is 13.4. The van der Waals surface area contributed by atoms with Gasteiger partial charge in [-0.3, -0.25) is 4.79 Å². The predicted molar refractivity (Wildman–Crippen MR) is 132 cm³/mol. The zero-order chi connectivity index (χ0) is 23.7. The molecule has 0 aliphatic carbocycles. The molecule has 174 valence electrons. The third-order valence-electron chi connectivity index (χ3n) is 5.88. The van der Waals surface area contributed by atoms with E-state index in [0.29, 0.717) is 40.3 Å². The van der Waals surface area contributed by atoms with Gasteiger partial charge in [0.05, 0.1) is 27.2 Å². The Labute approximate surface area is 201 Å². The van der Waals surface area contributed by atoms with Crippen molar-refractivity contribution in [1.82, 2.24) is 20.4 Å². The second-order valence-electron chi connectivity index (χ2n) is 8.42. The van der Waals surface area contributed by atoms with Crippen molar-refractivity contribution in [1.29, 1.82) is 0 Å². The fraction of sp³-hybridized carbons (Fsp3) is 0.280. The van der Waals surface area contributed by atoms with Gasteiger partial charge in [0.25, 0.3) is 11.6 Å². The van der Waals surface area contributed by atoms with Crippen molar-refractivity contribution in [2.45, 2.75) is 33.2 Å². The lowest BCUT2D eigenvalue weighted by Crippen LogP contribution is -2.32. The number of thiophene rings is 1. The summed E-state index contributed by atoms with van der Waals surface area (Å²) in [5.74, 6) is -0.236. The summed E-state index contributed by atoms with van der Waals surface area (Å²) < 4.78 is 5.39. The molecule has 1 aliphatic heterocycles. The van der Waals surface area contributed by atoms with Crippen LogP contribution in [0, 0.1) is 13.8 Å². The molecule has 0 unspecified atom stereocenters. The number of aromatic nitrogens is 2. The third-order valence-corrected chi connectivity index (χ3v) is 6.90. The van der Waals surface area contributed by atoms with Gasteiger partial charge in [0.1, 0.15) is 0 Å². The van der Waals surface area contributed by atoms with Gasteiger partial charge in [-0.25, -0.2) is 9.78 Å². The molecule has 0 radical (unpaired) electrons. The summed E-state index contributed by atoms with van der Waals surface area (Å²) in [6.07, 6.45) is 2.09. The van der Waals surface area contributed by atoms with E-state index in [1.54, 1.807) is 24.3 Å². The molecule has 5 rings (SSSR count). The van der Waals surface area contributed by atoms with Crippen molar-refractivity contribution in [3.05, 3.63) is 64.2 Å². The molecule has 8 nitrogen and oxygen atoms in total. The predicted octanol–water partition coefficient (Wildman–Crippen LogP) is 5.13. The average Bonchev–Trinajstić information content (AvgIpc) is 3.59. The monoisotopic (exact) mass is 475 g/mol. The molecule has 34 heavy (non-hydrogen) atoms. The molecule has 0 saturated carbocycles. The van der Waals surface area contributed by atoms with E-state index in [-0.39, 0.29) is 11.9 Å². The highest BCUT2D eigenvalue weighted by atomic mass is 32.1. The van der Waals surface area contributed by atoms with Crippen LogP contribution in [0.3, 0.4) is 0 Å². The van der Waals surface area contributed by atoms with Crippen molar-refractivity contribution in [2.24, 2.45) is 0 Å². The summed E-state index contributed by atoms with van der Waals surface area (Å²) in [6, 6.07) is 13.2. The standard InChI is InChI=1S/C25H25N5O3S/c1-15-8-9-21(34-15)20-13-19(22-16(2)29-33-24(22)28-20)23(31)26-14-17-6-5-7-18(12-17)27-25(32)30-10-3-4-11-30/h5-9,12-13H,3-4,10-11,14H2,1-2H3,(H,26,31)(H,27,32). The molecule has 1 fully saturated rings. The number of hydrogen-bond acceptors (Lipinski definition) is 6. The van der Waals surface area contributed by atoms with Gasteiger partial charge in [-0.15, -0.1) is 11.3 Å². The van der Waals surface area contributed by atoms with Crippen LogP contribution in [0.5, 0.6) is 0 Å². The van der Waals surface area contributed by atoms with Gasteiger partial charge in [-0.05, 0) is 62.6 Å². The zero-order valence-corrected chi connectivity index (χ0v) is 19.9. The Balaban J connectivity index is 1.34. The number of anilines is 1. The fourth-order valence-electron chi connectivity index (χ4n) is 4.13. The second kappa shape index (κ2) is 9.26. The van der Waals surface area contributed by atoms with Gasteiger partial charge in [0.2, 0.25) is 0 Å². The zero-order valence-electron chi connectivity index (χ0n) is 19.1. The maximum Gasteiger partial charge on any atom is 0.321 e. The van der Waals surface area contributed by atoms with Crippen LogP contribution in [-0.4, -0.2) is 40.1 Å². The summed E-state index contributed by atoms with van der Waals surface area (Å²) in [7, 11) is 0. The molecule has 0 spiro atoms. The first-order valence-corrected chi connectivity index (χ1v) is 12.1. The van der Waals surface area contributed by atoms with Crippen molar-refractivity contribution in [2.75, 3.05) is 18.4 Å². The van der Waals surface area contributed by atoms with E-state index in [2.05, 4.69) is 20.8 Å². The van der Waals surface area contributed by atoms with Gasteiger partial charge in [-0.1, -0.05) is 17.3 Å². The molecular formula is C25H25N5O3S. The number of fused-ring (bicyclic) bond motifs is 1. The van der Waals surface area contributed by atoms with Gasteiger partial charge in [-0.2, -0.15) is 0 Å². The Hall–Kier alpha value is -3.72. The number of urea groups is 1. The Bertz CT molecular complexity index is 1370. The lowest BCUT2D eigenvalue weighted by Gasteiger charge is -2.16. The van der Waals surface area contributed by atoms with E-state index in [1.807, 2.05) is 48.2 Å². The van der Waals surface area contributed by atoms with E-state index in [1.165, 1.54) is 0 Å². The van der Waals surface area contributed by atoms with Crippen LogP contribution >= 0.6 is 11.3 Å². The van der Waals surface area contributed by atoms with Gasteiger partial charge < -0.3 is 20.1 Å². The van der Waals surface area contributed by atoms with Crippen LogP contribution in [-0.2, 0) is 6.54 Å². The first-order chi connectivity index (χ1) is 16.5. The maximum atomic E-state index is 13.2. The molecular weight excluding hydrogens is 450 g/mol. The Morgan fingerprint density at radius 1 is 1.12 bits per heavy atom. The molecule has 1 aromatic carbocycles. The van der Waals surface area contributed by atoms with Crippen LogP contribution in [0.25, 0.3) is 21.7 Å². The number of pyridine rings is 1. The van der Waals surface area contributed by atoms with Gasteiger partial charge in [0.15, 0.2) is 0 Å². The molecule has 4 heterocycles. The molecule has 2 N–H and O–H groups in total. The van der Waals surface area contributed by atoms with E-state index in [9.17, 15) is 9.59 Å². The molecule has 3 amide bonds. The number of nitrogens with one attached hydrogen (secondary N) is 2. The van der Waals surface area contributed by atoms with Gasteiger partial charge >= 0.3 is 6.03 Å². The third kappa shape index (κ3) is 4.51. The molecule has 4 aromatic rings. The van der Waals surface area contributed by atoms with E-state index >= 15 is 0 Å². The van der Waals surface area contributed by atoms with Gasteiger partial charge in [0, 0.05) is 30.2 Å². The number of aryl methyl sites for hydroxylation is 2. The van der Waals surface area contributed by atoms with Crippen LogP contribution < -0.4 is 10.6 Å². The summed E-state index contributed by atoms with van der Waals surface area (Å²) >= 11 is 1.61. The average molecular weight is 476 g/mol. The minimum Gasteiger partial charge on any atom is -0.348 e. The summed E-state index contributed by atoms with van der Waals surface area (Å²) in [5.41, 5.74) is 3.71. The fourth-order valence-corrected chi connectivity index (χ4v) is 4.96. The molecule has 0 bridgehead atoms. The molecule has 0 atom stereocenters. The highest BCUT2D eigenvalue weighted by Gasteiger charge is 2.20. The number of likely N-dealkylation sites (tertiary alicyclic amines) is 1. The Morgan fingerprint density at radius 3 is 2.71 bits per heavy atom. The van der Waals surface area contributed by atoms with E-state index in [0.717, 1.165) is 41.2 Å². The largest absolute Gasteiger partial charge is 0.348 e. The summed E-state index contributed by atoms with van der Waals surface area (Å²) in [4.78, 5) is 34.1.